The number of carbonyl (C=O) groups is 1. The normalized spacial score (nSPS) is 11.9. The molecule has 0 bridgehead atoms. The Kier molecular flexibility index (Phi) is 5.37. The number of hydrogen-bond acceptors (Lipinski definition) is 3. The highest BCUT2D eigenvalue weighted by molar-refractivity contribution is 5.94. The highest BCUT2D eigenvalue weighted by Crippen LogP contribution is 2.27. The van der Waals surface area contributed by atoms with E-state index in [-0.39, 0.29) is 22.9 Å². The van der Waals surface area contributed by atoms with Crippen LogP contribution in [0.3, 0.4) is 0 Å². The van der Waals surface area contributed by atoms with E-state index >= 15 is 0 Å². The zero-order chi connectivity index (χ0) is 18.5. The molecule has 1 atom stereocenters. The predicted molar refractivity (Wildman–Crippen MR) is 100 cm³/mol. The van der Waals surface area contributed by atoms with Crippen LogP contribution in [0.2, 0.25) is 0 Å². The largest absolute Gasteiger partial charge is 0.469 e. The minimum atomic E-state index is -0.365. The predicted octanol–water partition coefficient (Wildman–Crippen LogP) is 3.54. The molecule has 26 heavy (non-hydrogen) atoms. The first-order chi connectivity index (χ1) is 12.6. The first kappa shape index (κ1) is 17.7. The second-order valence-electron chi connectivity index (χ2n) is 6.34. The van der Waals surface area contributed by atoms with Crippen molar-refractivity contribution in [2.24, 2.45) is 0 Å². The highest BCUT2D eigenvalue weighted by atomic mass is 16.3. The van der Waals surface area contributed by atoms with Crippen molar-refractivity contribution in [2.75, 3.05) is 6.54 Å². The Hall–Kier alpha value is -3.08. The molecule has 5 nitrogen and oxygen atoms in total. The minimum absolute atomic E-state index is 0.0459. The lowest BCUT2D eigenvalue weighted by Crippen LogP contribution is -2.31. The average Bonchev–Trinajstić information content (AvgIpc) is 3.16. The average molecular weight is 350 g/mol. The van der Waals surface area contributed by atoms with Crippen LogP contribution < -0.4 is 10.9 Å². The summed E-state index contributed by atoms with van der Waals surface area (Å²) in [5, 5.41) is 2.85. The molecule has 2 heterocycles. The monoisotopic (exact) mass is 350 g/mol. The smallest absolute Gasteiger partial charge is 0.261 e. The Bertz CT molecular complexity index is 928. The third kappa shape index (κ3) is 3.94. The molecular weight excluding hydrogens is 328 g/mol. The van der Waals surface area contributed by atoms with Crippen LogP contribution in [0.5, 0.6) is 0 Å². The topological polar surface area (TPSA) is 75.1 Å². The van der Waals surface area contributed by atoms with Crippen molar-refractivity contribution < 1.29 is 9.21 Å². The van der Waals surface area contributed by atoms with Crippen LogP contribution in [0.25, 0.3) is 0 Å². The van der Waals surface area contributed by atoms with Crippen molar-refractivity contribution >= 4 is 5.91 Å². The van der Waals surface area contributed by atoms with Gasteiger partial charge in [0, 0.05) is 18.2 Å². The zero-order valence-electron chi connectivity index (χ0n) is 14.9. The molecule has 3 aromatic rings. The molecule has 0 saturated carbocycles. The van der Waals surface area contributed by atoms with Gasteiger partial charge in [-0.1, -0.05) is 30.3 Å². The van der Waals surface area contributed by atoms with Gasteiger partial charge in [-0.2, -0.15) is 0 Å². The fourth-order valence-corrected chi connectivity index (χ4v) is 2.97. The van der Waals surface area contributed by atoms with Gasteiger partial charge in [0.1, 0.15) is 11.3 Å². The van der Waals surface area contributed by atoms with E-state index in [4.69, 9.17) is 4.42 Å². The number of aryl methyl sites for hydroxylation is 2. The molecule has 2 aromatic heterocycles. The maximum atomic E-state index is 12.4. The summed E-state index contributed by atoms with van der Waals surface area (Å²) in [6, 6.07) is 15.5. The second-order valence-corrected chi connectivity index (χ2v) is 6.34. The number of H-pyrrole nitrogens is 1. The van der Waals surface area contributed by atoms with Gasteiger partial charge in [-0.05, 0) is 49.6 Å². The second kappa shape index (κ2) is 7.87. The lowest BCUT2D eigenvalue weighted by Gasteiger charge is -2.15. The van der Waals surface area contributed by atoms with Gasteiger partial charge in [-0.15, -0.1) is 0 Å². The van der Waals surface area contributed by atoms with E-state index < -0.39 is 0 Å². The number of aromatic amines is 1. The molecule has 0 aliphatic rings. The number of nitrogens with one attached hydrogen (secondary N) is 2. The molecule has 0 saturated heterocycles. The summed E-state index contributed by atoms with van der Waals surface area (Å²) < 4.78 is 5.57. The van der Waals surface area contributed by atoms with E-state index in [0.717, 1.165) is 22.6 Å². The van der Waals surface area contributed by atoms with Crippen LogP contribution in [0.4, 0.5) is 0 Å². The van der Waals surface area contributed by atoms with Crippen LogP contribution in [-0.4, -0.2) is 17.4 Å². The summed E-state index contributed by atoms with van der Waals surface area (Å²) in [5.41, 5.74) is 2.56. The van der Waals surface area contributed by atoms with Crippen LogP contribution in [0.15, 0.2) is 64.0 Å². The zero-order valence-corrected chi connectivity index (χ0v) is 14.9. The Morgan fingerprint density at radius 3 is 2.62 bits per heavy atom. The van der Waals surface area contributed by atoms with Crippen molar-refractivity contribution in [3.8, 4) is 0 Å². The van der Waals surface area contributed by atoms with Crippen LogP contribution in [0.1, 0.15) is 45.3 Å². The third-order valence-electron chi connectivity index (χ3n) is 4.55. The van der Waals surface area contributed by atoms with Crippen molar-refractivity contribution in [3.63, 3.8) is 0 Å². The Morgan fingerprint density at radius 1 is 1.15 bits per heavy atom. The number of aromatic nitrogens is 1. The summed E-state index contributed by atoms with van der Waals surface area (Å²) in [7, 11) is 0. The molecule has 2 N–H and O–H groups in total. The van der Waals surface area contributed by atoms with Gasteiger partial charge in [-0.25, -0.2) is 0 Å². The minimum Gasteiger partial charge on any atom is -0.469 e. The fraction of sp³-hybridized carbons (Fsp3) is 0.238. The Balaban J connectivity index is 1.70. The van der Waals surface area contributed by atoms with E-state index in [2.05, 4.69) is 10.3 Å². The van der Waals surface area contributed by atoms with Crippen LogP contribution >= 0.6 is 0 Å². The lowest BCUT2D eigenvalue weighted by atomic mass is 9.93. The van der Waals surface area contributed by atoms with Gasteiger partial charge in [0.25, 0.3) is 11.5 Å². The lowest BCUT2D eigenvalue weighted by molar-refractivity contribution is 0.0951. The van der Waals surface area contributed by atoms with Gasteiger partial charge in [0.2, 0.25) is 0 Å². The van der Waals surface area contributed by atoms with Crippen molar-refractivity contribution in [1.29, 1.82) is 0 Å². The number of hydrogen-bond donors (Lipinski definition) is 2. The van der Waals surface area contributed by atoms with Crippen LogP contribution in [0, 0.1) is 13.8 Å². The number of pyridine rings is 1. The first-order valence-electron chi connectivity index (χ1n) is 8.63. The molecule has 0 radical (unpaired) electrons. The number of furan rings is 1. The molecular formula is C21H22N2O3. The summed E-state index contributed by atoms with van der Waals surface area (Å²) in [4.78, 5) is 27.1. The molecule has 134 valence electrons. The number of rotatable bonds is 6. The van der Waals surface area contributed by atoms with Gasteiger partial charge in [0.05, 0.1) is 6.26 Å². The van der Waals surface area contributed by atoms with E-state index in [0.29, 0.717) is 13.0 Å². The molecule has 0 aliphatic carbocycles. The molecule has 0 unspecified atom stereocenters. The van der Waals surface area contributed by atoms with Crippen LogP contribution in [-0.2, 0) is 0 Å². The first-order valence-corrected chi connectivity index (χ1v) is 8.63. The van der Waals surface area contributed by atoms with Crippen molar-refractivity contribution in [1.82, 2.24) is 10.3 Å². The number of amides is 1. The Morgan fingerprint density at radius 2 is 1.92 bits per heavy atom. The molecule has 5 heteroatoms. The fourth-order valence-electron chi connectivity index (χ4n) is 2.97. The van der Waals surface area contributed by atoms with E-state index in [1.54, 1.807) is 12.3 Å². The third-order valence-corrected chi connectivity index (χ3v) is 4.55. The SMILES string of the molecule is Cc1cc(C(=O)NCC[C@H](c2ccccc2)c2ccco2)c(=O)[nH]c1C. The van der Waals surface area contributed by atoms with Gasteiger partial charge < -0.3 is 14.7 Å². The molecule has 0 aliphatic heterocycles. The highest BCUT2D eigenvalue weighted by Gasteiger charge is 2.18. The van der Waals surface area contributed by atoms with E-state index in [9.17, 15) is 9.59 Å². The standard InChI is InChI=1S/C21H22N2O3/c1-14-13-18(21(25)23-15(14)2)20(24)22-11-10-17(19-9-6-12-26-19)16-7-4-3-5-8-16/h3-9,12-13,17H,10-11H2,1-2H3,(H,22,24)(H,23,25)/t17-/m1/s1. The maximum Gasteiger partial charge on any atom is 0.261 e. The molecule has 1 aromatic carbocycles. The quantitative estimate of drug-likeness (QED) is 0.714. The summed E-state index contributed by atoms with van der Waals surface area (Å²) in [6.45, 7) is 4.11. The van der Waals surface area contributed by atoms with Crippen molar-refractivity contribution in [2.45, 2.75) is 26.2 Å². The van der Waals surface area contributed by atoms with E-state index in [1.165, 1.54) is 0 Å². The summed E-state index contributed by atoms with van der Waals surface area (Å²) in [5.74, 6) is 0.541. The molecule has 3 rings (SSSR count). The van der Waals surface area contributed by atoms with Gasteiger partial charge >= 0.3 is 0 Å². The molecule has 0 fully saturated rings. The van der Waals surface area contributed by atoms with Gasteiger partial charge in [0.15, 0.2) is 0 Å². The summed E-state index contributed by atoms with van der Waals surface area (Å²) in [6.07, 6.45) is 2.32. The molecule has 1 amide bonds. The maximum absolute atomic E-state index is 12.4. The Labute approximate surface area is 152 Å². The molecule has 0 spiro atoms. The summed E-state index contributed by atoms with van der Waals surface area (Å²) >= 11 is 0. The number of carbonyl (C=O) groups excluding carboxylic acids is 1. The van der Waals surface area contributed by atoms with E-state index in [1.807, 2.05) is 56.3 Å². The van der Waals surface area contributed by atoms with Crippen molar-refractivity contribution in [3.05, 3.63) is 93.3 Å². The van der Waals surface area contributed by atoms with Gasteiger partial charge in [-0.3, -0.25) is 9.59 Å². The number of benzene rings is 1.